The van der Waals surface area contributed by atoms with Gasteiger partial charge in [-0.2, -0.15) is 13.2 Å². The van der Waals surface area contributed by atoms with E-state index in [1.807, 2.05) is 36.4 Å². The summed E-state index contributed by atoms with van der Waals surface area (Å²) >= 11 is 0. The Kier molecular flexibility index (Phi) is 5.61. The van der Waals surface area contributed by atoms with Gasteiger partial charge in [0.1, 0.15) is 0 Å². The molecule has 140 valence electrons. The summed E-state index contributed by atoms with van der Waals surface area (Å²) < 4.78 is 43.8. The average molecular weight is 375 g/mol. The fourth-order valence-electron chi connectivity index (χ4n) is 2.76. The van der Waals surface area contributed by atoms with Crippen LogP contribution in [0.5, 0.6) is 0 Å². The maximum absolute atomic E-state index is 12.8. The van der Waals surface area contributed by atoms with Crippen LogP contribution in [-0.2, 0) is 11.0 Å². The number of carbonyl (C=O) groups is 1. The highest BCUT2D eigenvalue weighted by atomic mass is 19.4. The van der Waals surface area contributed by atoms with E-state index >= 15 is 0 Å². The number of benzene rings is 2. The normalized spacial score (nSPS) is 12.6. The second-order valence-electron chi connectivity index (χ2n) is 5.97. The summed E-state index contributed by atoms with van der Waals surface area (Å²) in [7, 11) is 0. The lowest BCUT2D eigenvalue weighted by molar-refractivity contribution is -0.678. The van der Waals surface area contributed by atoms with Gasteiger partial charge in [-0.3, -0.25) is 4.79 Å². The van der Waals surface area contributed by atoms with Crippen molar-refractivity contribution in [1.82, 2.24) is 0 Å². The SMILES string of the molecule is O=C(C[NH2+][C@@H](c1ccccc1)c1ccco1)Nc1cccc(C(F)(F)F)c1. The zero-order valence-electron chi connectivity index (χ0n) is 14.2. The van der Waals surface area contributed by atoms with Crippen LogP contribution in [0.3, 0.4) is 0 Å². The minimum Gasteiger partial charge on any atom is -0.463 e. The number of furan rings is 1. The smallest absolute Gasteiger partial charge is 0.416 e. The summed E-state index contributed by atoms with van der Waals surface area (Å²) in [6.45, 7) is 0.0243. The van der Waals surface area contributed by atoms with Crippen LogP contribution < -0.4 is 10.6 Å². The van der Waals surface area contributed by atoms with Gasteiger partial charge in [-0.25, -0.2) is 0 Å². The molecule has 1 amide bonds. The summed E-state index contributed by atoms with van der Waals surface area (Å²) in [5.41, 5.74) is 0.263. The first kappa shape index (κ1) is 18.7. The number of nitrogens with two attached hydrogens (primary N) is 1. The molecule has 7 heteroatoms. The Bertz CT molecular complexity index is 878. The first-order valence-corrected chi connectivity index (χ1v) is 8.32. The van der Waals surface area contributed by atoms with E-state index in [-0.39, 0.29) is 18.3 Å². The predicted octanol–water partition coefficient (Wildman–Crippen LogP) is 3.59. The van der Waals surface area contributed by atoms with Gasteiger partial charge in [-0.1, -0.05) is 36.4 Å². The Morgan fingerprint density at radius 3 is 2.48 bits per heavy atom. The van der Waals surface area contributed by atoms with E-state index < -0.39 is 17.6 Å². The number of halogens is 3. The molecule has 0 unspecified atom stereocenters. The molecular formula is C20H18F3N2O2+. The third kappa shape index (κ3) is 4.98. The molecule has 0 radical (unpaired) electrons. The molecule has 0 aliphatic carbocycles. The number of hydrogen-bond donors (Lipinski definition) is 2. The molecule has 3 N–H and O–H groups in total. The van der Waals surface area contributed by atoms with Gasteiger partial charge in [0, 0.05) is 11.3 Å². The van der Waals surface area contributed by atoms with Crippen LogP contribution in [0.15, 0.2) is 77.4 Å². The molecule has 27 heavy (non-hydrogen) atoms. The molecule has 0 fully saturated rings. The topological polar surface area (TPSA) is 58.9 Å². The van der Waals surface area contributed by atoms with E-state index in [1.165, 1.54) is 12.1 Å². The zero-order valence-corrected chi connectivity index (χ0v) is 14.2. The summed E-state index contributed by atoms with van der Waals surface area (Å²) in [4.78, 5) is 12.2. The molecule has 3 rings (SSSR count). The maximum atomic E-state index is 12.8. The summed E-state index contributed by atoms with van der Waals surface area (Å²) in [6.07, 6.45) is -2.90. The van der Waals surface area contributed by atoms with Gasteiger partial charge in [-0.05, 0) is 30.3 Å². The fraction of sp³-hybridized carbons (Fsp3) is 0.150. The minimum atomic E-state index is -4.45. The van der Waals surface area contributed by atoms with Crippen LogP contribution in [0.2, 0.25) is 0 Å². The van der Waals surface area contributed by atoms with Crippen molar-refractivity contribution in [2.45, 2.75) is 12.2 Å². The summed E-state index contributed by atoms with van der Waals surface area (Å²) in [5, 5.41) is 4.28. The van der Waals surface area contributed by atoms with E-state index in [2.05, 4.69) is 5.32 Å². The second kappa shape index (κ2) is 8.09. The predicted molar refractivity (Wildman–Crippen MR) is 93.9 cm³/mol. The standard InChI is InChI=1S/C20H17F3N2O2/c21-20(22,23)15-8-4-9-16(12-15)25-18(26)13-24-19(17-10-5-11-27-17)14-6-2-1-3-7-14/h1-12,19,24H,13H2,(H,25,26)/p+1/t19-/m0/s1. The summed E-state index contributed by atoms with van der Waals surface area (Å²) in [5.74, 6) is 0.287. The molecule has 0 aliphatic rings. The largest absolute Gasteiger partial charge is 0.463 e. The maximum Gasteiger partial charge on any atom is 0.416 e. The van der Waals surface area contributed by atoms with E-state index in [4.69, 9.17) is 4.42 Å². The molecule has 0 bridgehead atoms. The lowest BCUT2D eigenvalue weighted by atomic mass is 10.0. The highest BCUT2D eigenvalue weighted by Crippen LogP contribution is 2.30. The van der Waals surface area contributed by atoms with Gasteiger partial charge in [0.2, 0.25) is 0 Å². The molecular weight excluding hydrogens is 357 g/mol. The van der Waals surface area contributed by atoms with Crippen LogP contribution in [-0.4, -0.2) is 12.5 Å². The number of carbonyl (C=O) groups excluding carboxylic acids is 1. The fourth-order valence-corrected chi connectivity index (χ4v) is 2.76. The van der Waals surface area contributed by atoms with Gasteiger partial charge < -0.3 is 15.1 Å². The molecule has 4 nitrogen and oxygen atoms in total. The third-order valence-corrected chi connectivity index (χ3v) is 4.02. The first-order valence-electron chi connectivity index (χ1n) is 8.32. The van der Waals surface area contributed by atoms with Gasteiger partial charge >= 0.3 is 6.18 Å². The first-order chi connectivity index (χ1) is 12.9. The molecule has 2 aromatic carbocycles. The number of amides is 1. The van der Waals surface area contributed by atoms with Gasteiger partial charge in [-0.15, -0.1) is 0 Å². The van der Waals surface area contributed by atoms with E-state index in [9.17, 15) is 18.0 Å². The van der Waals surface area contributed by atoms with Crippen LogP contribution >= 0.6 is 0 Å². The Morgan fingerprint density at radius 2 is 1.81 bits per heavy atom. The molecule has 1 atom stereocenters. The minimum absolute atomic E-state index is 0.0243. The highest BCUT2D eigenvalue weighted by molar-refractivity contribution is 5.91. The van der Waals surface area contributed by atoms with E-state index in [0.717, 1.165) is 17.7 Å². The van der Waals surface area contributed by atoms with Crippen molar-refractivity contribution in [3.8, 4) is 0 Å². The molecule has 3 aromatic rings. The van der Waals surface area contributed by atoms with Gasteiger partial charge in [0.05, 0.1) is 11.8 Å². The average Bonchev–Trinajstić information content (AvgIpc) is 3.17. The molecule has 0 aliphatic heterocycles. The number of quaternary nitrogens is 1. The lowest BCUT2D eigenvalue weighted by Gasteiger charge is -2.14. The zero-order chi connectivity index (χ0) is 19.3. The Balaban J connectivity index is 1.67. The van der Waals surface area contributed by atoms with Crippen molar-refractivity contribution < 1.29 is 27.7 Å². The Labute approximate surface area is 154 Å². The Morgan fingerprint density at radius 1 is 1.04 bits per heavy atom. The van der Waals surface area contributed by atoms with Crippen molar-refractivity contribution in [3.63, 3.8) is 0 Å². The summed E-state index contributed by atoms with van der Waals surface area (Å²) in [6, 6.07) is 17.4. The number of nitrogens with one attached hydrogen (secondary N) is 1. The third-order valence-electron chi connectivity index (χ3n) is 4.02. The molecule has 0 saturated carbocycles. The van der Waals surface area contributed by atoms with Crippen LogP contribution in [0, 0.1) is 0 Å². The van der Waals surface area contributed by atoms with Crippen molar-refractivity contribution in [1.29, 1.82) is 0 Å². The van der Waals surface area contributed by atoms with E-state index in [0.29, 0.717) is 5.76 Å². The number of alkyl halides is 3. The molecule has 0 saturated heterocycles. The monoisotopic (exact) mass is 375 g/mol. The molecule has 1 heterocycles. The quantitative estimate of drug-likeness (QED) is 0.692. The van der Waals surface area contributed by atoms with Crippen LogP contribution in [0.1, 0.15) is 22.9 Å². The number of hydrogen-bond acceptors (Lipinski definition) is 2. The van der Waals surface area contributed by atoms with Gasteiger partial charge in [0.25, 0.3) is 5.91 Å². The van der Waals surface area contributed by atoms with E-state index in [1.54, 1.807) is 17.6 Å². The highest BCUT2D eigenvalue weighted by Gasteiger charge is 2.30. The molecule has 1 aromatic heterocycles. The number of rotatable bonds is 6. The van der Waals surface area contributed by atoms with Gasteiger partial charge in [0.15, 0.2) is 18.3 Å². The van der Waals surface area contributed by atoms with Crippen molar-refractivity contribution in [2.24, 2.45) is 0 Å². The number of anilines is 1. The second-order valence-corrected chi connectivity index (χ2v) is 5.97. The van der Waals surface area contributed by atoms with Crippen LogP contribution in [0.4, 0.5) is 18.9 Å². The van der Waals surface area contributed by atoms with Crippen molar-refractivity contribution in [3.05, 3.63) is 89.9 Å². The van der Waals surface area contributed by atoms with Crippen molar-refractivity contribution >= 4 is 11.6 Å². The lowest BCUT2D eigenvalue weighted by Crippen LogP contribution is -2.87. The molecule has 0 spiro atoms. The van der Waals surface area contributed by atoms with Crippen LogP contribution in [0.25, 0.3) is 0 Å². The Hall–Kier alpha value is -3.06. The van der Waals surface area contributed by atoms with Crippen molar-refractivity contribution in [2.75, 3.05) is 11.9 Å².